The Kier molecular flexibility index (Phi) is 5.84. The summed E-state index contributed by atoms with van der Waals surface area (Å²) in [7, 11) is 0. The van der Waals surface area contributed by atoms with E-state index in [0.717, 1.165) is 67.0 Å². The molecule has 0 aliphatic heterocycles. The molecule has 0 saturated heterocycles. The third kappa shape index (κ3) is 4.11. The molecular weight excluding hydrogens is 516 g/mol. The Balaban J connectivity index is 1.49. The Morgan fingerprint density at radius 2 is 1.50 bits per heavy atom. The fourth-order valence-electron chi connectivity index (χ4n) is 6.09. The number of pyridine rings is 2. The lowest BCUT2D eigenvalue weighted by Gasteiger charge is -2.19. The molecule has 0 radical (unpaired) electrons. The van der Waals surface area contributed by atoms with Crippen LogP contribution in [-0.2, 0) is 5.41 Å². The third-order valence-electron chi connectivity index (χ3n) is 8.34. The van der Waals surface area contributed by atoms with E-state index in [1.54, 1.807) is 0 Å². The first kappa shape index (κ1) is 26.1. The van der Waals surface area contributed by atoms with E-state index >= 15 is 0 Å². The minimum absolute atomic E-state index is 0.0666. The van der Waals surface area contributed by atoms with Crippen LogP contribution in [0.1, 0.15) is 48.7 Å². The molecule has 0 spiro atoms. The molecule has 0 aliphatic carbocycles. The lowest BCUT2D eigenvalue weighted by molar-refractivity contribution is 0.590. The summed E-state index contributed by atoms with van der Waals surface area (Å²) in [6.07, 6.45) is 1.92. The summed E-state index contributed by atoms with van der Waals surface area (Å²) in [5, 5.41) is 2.08. The zero-order valence-electron chi connectivity index (χ0n) is 25.2. The molecule has 0 bridgehead atoms. The van der Waals surface area contributed by atoms with Gasteiger partial charge in [-0.15, -0.1) is 0 Å². The number of hydrogen-bond donors (Lipinski definition) is 0. The van der Waals surface area contributed by atoms with Crippen LogP contribution in [0.2, 0.25) is 0 Å². The SMILES string of the molecule is Cc1cc2nc(-c3ccc(C)c4c3oc3nc(-c5c(C)cccc5C)ccc34)n(-c3ccc(C(C)(C)C)cc3)c2cn1. The molecule has 208 valence electrons. The zero-order chi connectivity index (χ0) is 29.3. The molecule has 0 N–H and O–H groups in total. The van der Waals surface area contributed by atoms with Gasteiger partial charge in [0.15, 0.2) is 0 Å². The van der Waals surface area contributed by atoms with Gasteiger partial charge in [0.1, 0.15) is 11.4 Å². The minimum atomic E-state index is 0.0666. The van der Waals surface area contributed by atoms with E-state index in [1.165, 1.54) is 16.7 Å². The highest BCUT2D eigenvalue weighted by molar-refractivity contribution is 6.10. The molecule has 5 heteroatoms. The summed E-state index contributed by atoms with van der Waals surface area (Å²) in [4.78, 5) is 14.8. The van der Waals surface area contributed by atoms with Crippen molar-refractivity contribution in [3.63, 3.8) is 0 Å². The Morgan fingerprint density at radius 1 is 0.762 bits per heavy atom. The van der Waals surface area contributed by atoms with Crippen molar-refractivity contribution in [2.45, 2.75) is 53.9 Å². The molecule has 7 aromatic rings. The molecule has 0 saturated carbocycles. The second kappa shape index (κ2) is 9.38. The Labute approximate surface area is 245 Å². The van der Waals surface area contributed by atoms with Gasteiger partial charge >= 0.3 is 0 Å². The molecule has 7 rings (SSSR count). The van der Waals surface area contributed by atoms with E-state index in [9.17, 15) is 0 Å². The summed E-state index contributed by atoms with van der Waals surface area (Å²) in [5.41, 5.74) is 13.1. The van der Waals surface area contributed by atoms with Gasteiger partial charge in [-0.1, -0.05) is 57.2 Å². The van der Waals surface area contributed by atoms with E-state index < -0.39 is 0 Å². The number of hydrogen-bond acceptors (Lipinski definition) is 4. The van der Waals surface area contributed by atoms with Crippen molar-refractivity contribution in [3.8, 4) is 28.3 Å². The minimum Gasteiger partial charge on any atom is -0.437 e. The van der Waals surface area contributed by atoms with Gasteiger partial charge in [-0.25, -0.2) is 9.97 Å². The molecule has 0 unspecified atom stereocenters. The van der Waals surface area contributed by atoms with Gasteiger partial charge < -0.3 is 4.42 Å². The third-order valence-corrected chi connectivity index (χ3v) is 8.34. The first-order chi connectivity index (χ1) is 20.1. The summed E-state index contributed by atoms with van der Waals surface area (Å²) >= 11 is 0. The maximum atomic E-state index is 6.66. The fraction of sp³-hybridized carbons (Fsp3) is 0.216. The topological polar surface area (TPSA) is 56.7 Å². The maximum absolute atomic E-state index is 6.66. The number of imidazole rings is 1. The van der Waals surface area contributed by atoms with E-state index in [-0.39, 0.29) is 5.41 Å². The highest BCUT2D eigenvalue weighted by Gasteiger charge is 2.23. The molecule has 4 heterocycles. The zero-order valence-corrected chi connectivity index (χ0v) is 25.2. The number of furan rings is 1. The van der Waals surface area contributed by atoms with Crippen LogP contribution < -0.4 is 0 Å². The second-order valence-corrected chi connectivity index (χ2v) is 12.4. The van der Waals surface area contributed by atoms with E-state index in [4.69, 9.17) is 14.4 Å². The van der Waals surface area contributed by atoms with E-state index in [1.807, 2.05) is 19.2 Å². The van der Waals surface area contributed by atoms with Crippen molar-refractivity contribution in [2.75, 3.05) is 0 Å². The number of fused-ring (bicyclic) bond motifs is 4. The number of aryl methyl sites for hydroxylation is 4. The summed E-state index contributed by atoms with van der Waals surface area (Å²) in [5.74, 6) is 0.819. The van der Waals surface area contributed by atoms with Crippen molar-refractivity contribution in [1.82, 2.24) is 19.5 Å². The van der Waals surface area contributed by atoms with Gasteiger partial charge in [0.05, 0.1) is 28.5 Å². The van der Waals surface area contributed by atoms with Gasteiger partial charge in [-0.05, 0) is 91.8 Å². The number of aromatic nitrogens is 4. The molecule has 0 aliphatic rings. The van der Waals surface area contributed by atoms with E-state index in [2.05, 4.69) is 118 Å². The van der Waals surface area contributed by atoms with Crippen LogP contribution in [0.3, 0.4) is 0 Å². The molecule has 0 amide bonds. The van der Waals surface area contributed by atoms with Crippen molar-refractivity contribution in [2.24, 2.45) is 0 Å². The Hall–Kier alpha value is -4.77. The Morgan fingerprint density at radius 3 is 2.21 bits per heavy atom. The molecule has 42 heavy (non-hydrogen) atoms. The Bertz CT molecular complexity index is 2140. The quantitative estimate of drug-likeness (QED) is 0.220. The van der Waals surface area contributed by atoms with Crippen LogP contribution in [0.4, 0.5) is 0 Å². The van der Waals surface area contributed by atoms with Crippen LogP contribution in [0.25, 0.3) is 61.4 Å². The molecular formula is C37H34N4O. The highest BCUT2D eigenvalue weighted by Crippen LogP contribution is 2.40. The normalized spacial score (nSPS) is 12.2. The lowest BCUT2D eigenvalue weighted by atomic mass is 9.87. The van der Waals surface area contributed by atoms with Gasteiger partial charge in [0, 0.05) is 27.7 Å². The fourth-order valence-corrected chi connectivity index (χ4v) is 6.09. The largest absolute Gasteiger partial charge is 0.437 e. The van der Waals surface area contributed by atoms with Crippen LogP contribution >= 0.6 is 0 Å². The maximum Gasteiger partial charge on any atom is 0.227 e. The summed E-state index contributed by atoms with van der Waals surface area (Å²) < 4.78 is 8.85. The van der Waals surface area contributed by atoms with Crippen LogP contribution in [-0.4, -0.2) is 19.5 Å². The average Bonchev–Trinajstić information content (AvgIpc) is 3.51. The predicted molar refractivity (Wildman–Crippen MR) is 172 cm³/mol. The average molecular weight is 551 g/mol. The van der Waals surface area contributed by atoms with Crippen LogP contribution in [0.5, 0.6) is 0 Å². The summed E-state index contributed by atoms with van der Waals surface area (Å²) in [6.45, 7) is 15.1. The van der Waals surface area contributed by atoms with Crippen LogP contribution in [0, 0.1) is 27.7 Å². The summed E-state index contributed by atoms with van der Waals surface area (Å²) in [6, 6.07) is 25.7. The van der Waals surface area contributed by atoms with Crippen molar-refractivity contribution in [3.05, 3.63) is 107 Å². The van der Waals surface area contributed by atoms with Gasteiger partial charge in [-0.2, -0.15) is 0 Å². The second-order valence-electron chi connectivity index (χ2n) is 12.4. The van der Waals surface area contributed by atoms with Gasteiger partial charge in [0.2, 0.25) is 5.71 Å². The number of benzene rings is 3. The number of nitrogens with zero attached hydrogens (tertiary/aromatic N) is 4. The first-order valence-corrected chi connectivity index (χ1v) is 14.5. The molecule has 4 aromatic heterocycles. The predicted octanol–water partition coefficient (Wildman–Crippen LogP) is 9.58. The van der Waals surface area contributed by atoms with Crippen LogP contribution in [0.15, 0.2) is 83.4 Å². The van der Waals surface area contributed by atoms with E-state index in [0.29, 0.717) is 5.71 Å². The lowest BCUT2D eigenvalue weighted by Crippen LogP contribution is -2.11. The highest BCUT2D eigenvalue weighted by atomic mass is 16.3. The first-order valence-electron chi connectivity index (χ1n) is 14.5. The van der Waals surface area contributed by atoms with Crippen molar-refractivity contribution < 1.29 is 4.42 Å². The van der Waals surface area contributed by atoms with Crippen molar-refractivity contribution >= 4 is 33.1 Å². The standard InChI is InChI=1S/C37H34N4O/c1-21-9-8-10-22(2)32(21)29-18-17-27-33-23(3)11-16-28(34(33)42-36(27)40-29)35-39-30-19-24(4)38-20-31(30)41(35)26-14-12-25(13-15-26)37(5,6)7/h8-20H,1-7H3. The molecule has 0 fully saturated rings. The monoisotopic (exact) mass is 550 g/mol. The molecule has 5 nitrogen and oxygen atoms in total. The van der Waals surface area contributed by atoms with Gasteiger partial charge in [0.25, 0.3) is 0 Å². The number of rotatable bonds is 3. The smallest absolute Gasteiger partial charge is 0.227 e. The van der Waals surface area contributed by atoms with Crippen molar-refractivity contribution in [1.29, 1.82) is 0 Å². The van der Waals surface area contributed by atoms with Gasteiger partial charge in [-0.3, -0.25) is 9.55 Å². The molecule has 3 aromatic carbocycles. The molecule has 0 atom stereocenters.